The first-order chi connectivity index (χ1) is 8.61. The summed E-state index contributed by atoms with van der Waals surface area (Å²) >= 11 is 3.36. The average Bonchev–Trinajstić information content (AvgIpc) is 2.73. The van der Waals surface area contributed by atoms with Gasteiger partial charge in [0.15, 0.2) is 0 Å². The number of carbonyl (C=O) groups is 1. The van der Waals surface area contributed by atoms with Gasteiger partial charge >= 0.3 is 0 Å². The number of aromatic amines is 1. The Hall–Kier alpha value is -1.66. The summed E-state index contributed by atoms with van der Waals surface area (Å²) in [6.45, 7) is 0.199. The van der Waals surface area contributed by atoms with Crippen molar-refractivity contribution in [3.8, 4) is 0 Å². The molecule has 2 rings (SSSR count). The summed E-state index contributed by atoms with van der Waals surface area (Å²) < 4.78 is 1.83. The number of carbonyl (C=O) groups excluding carboxylic acids is 1. The van der Waals surface area contributed by atoms with Gasteiger partial charge in [-0.1, -0.05) is 34.1 Å². The van der Waals surface area contributed by atoms with Crippen molar-refractivity contribution in [2.45, 2.75) is 13.0 Å². The van der Waals surface area contributed by atoms with Crippen molar-refractivity contribution in [2.75, 3.05) is 0 Å². The molecule has 1 aromatic carbocycles. The zero-order valence-corrected chi connectivity index (χ0v) is 11.1. The second-order valence-electron chi connectivity index (χ2n) is 3.82. The van der Waals surface area contributed by atoms with Gasteiger partial charge in [-0.15, -0.1) is 0 Å². The Morgan fingerprint density at radius 1 is 1.39 bits per heavy atom. The molecule has 94 valence electrons. The van der Waals surface area contributed by atoms with Crippen LogP contribution in [-0.2, 0) is 13.0 Å². The maximum atomic E-state index is 12.0. The van der Waals surface area contributed by atoms with Crippen LogP contribution in [0.2, 0.25) is 0 Å². The van der Waals surface area contributed by atoms with E-state index in [1.54, 1.807) is 0 Å². The fourth-order valence-corrected chi connectivity index (χ4v) is 2.04. The maximum absolute atomic E-state index is 12.0. The predicted octanol–water partition coefficient (Wildman–Crippen LogP) is 1.28. The van der Waals surface area contributed by atoms with Crippen molar-refractivity contribution in [2.24, 2.45) is 5.73 Å². The number of aromatic nitrogens is 2. The summed E-state index contributed by atoms with van der Waals surface area (Å²) in [7, 11) is 0. The molecular weight excluding hydrogens is 298 g/mol. The minimum absolute atomic E-state index is 0.145. The van der Waals surface area contributed by atoms with E-state index in [0.29, 0.717) is 5.69 Å². The quantitative estimate of drug-likeness (QED) is 0.896. The SMILES string of the molecule is NCc1cc(=O)n(C(=O)Cc2ccccc2Br)[nH]1. The molecule has 0 amide bonds. The summed E-state index contributed by atoms with van der Waals surface area (Å²) in [6, 6.07) is 8.73. The minimum atomic E-state index is -0.382. The molecule has 2 aromatic rings. The van der Waals surface area contributed by atoms with Crippen LogP contribution in [0.4, 0.5) is 0 Å². The lowest BCUT2D eigenvalue weighted by molar-refractivity contribution is 0.0894. The summed E-state index contributed by atoms with van der Waals surface area (Å²) in [5.74, 6) is -0.313. The highest BCUT2D eigenvalue weighted by Gasteiger charge is 2.12. The normalized spacial score (nSPS) is 10.6. The predicted molar refractivity (Wildman–Crippen MR) is 71.4 cm³/mol. The molecule has 1 aromatic heterocycles. The Labute approximate surface area is 112 Å². The third kappa shape index (κ3) is 2.60. The molecule has 0 bridgehead atoms. The highest BCUT2D eigenvalue weighted by atomic mass is 79.9. The number of hydrogen-bond acceptors (Lipinski definition) is 3. The van der Waals surface area contributed by atoms with Crippen LogP contribution >= 0.6 is 15.9 Å². The number of rotatable bonds is 3. The molecule has 0 aliphatic heterocycles. The summed E-state index contributed by atoms with van der Waals surface area (Å²) in [6.07, 6.45) is 0.145. The first-order valence-corrected chi connectivity index (χ1v) is 6.18. The highest BCUT2D eigenvalue weighted by molar-refractivity contribution is 9.10. The Balaban J connectivity index is 2.25. The van der Waals surface area contributed by atoms with Crippen molar-refractivity contribution < 1.29 is 4.79 Å². The molecular formula is C12H12BrN3O2. The number of nitrogens with two attached hydrogens (primary N) is 1. The minimum Gasteiger partial charge on any atom is -0.325 e. The van der Waals surface area contributed by atoms with Gasteiger partial charge in [0.2, 0.25) is 0 Å². The van der Waals surface area contributed by atoms with E-state index in [4.69, 9.17) is 5.73 Å². The molecule has 0 saturated carbocycles. The van der Waals surface area contributed by atoms with E-state index >= 15 is 0 Å². The zero-order chi connectivity index (χ0) is 13.1. The number of H-pyrrole nitrogens is 1. The van der Waals surface area contributed by atoms with Crippen LogP contribution < -0.4 is 11.3 Å². The fourth-order valence-electron chi connectivity index (χ4n) is 1.62. The van der Waals surface area contributed by atoms with E-state index in [9.17, 15) is 9.59 Å². The number of hydrogen-bond donors (Lipinski definition) is 2. The van der Waals surface area contributed by atoms with E-state index in [2.05, 4.69) is 21.0 Å². The average molecular weight is 310 g/mol. The van der Waals surface area contributed by atoms with Crippen LogP contribution in [0.5, 0.6) is 0 Å². The second kappa shape index (κ2) is 5.32. The van der Waals surface area contributed by atoms with Crippen molar-refractivity contribution >= 4 is 21.8 Å². The smallest absolute Gasteiger partial charge is 0.273 e. The first kappa shape index (κ1) is 12.8. The number of halogens is 1. The van der Waals surface area contributed by atoms with E-state index < -0.39 is 0 Å². The monoisotopic (exact) mass is 309 g/mol. The molecule has 0 saturated heterocycles. The summed E-state index contributed by atoms with van der Waals surface area (Å²) in [5.41, 5.74) is 6.40. The molecule has 3 N–H and O–H groups in total. The fraction of sp³-hybridized carbons (Fsp3) is 0.167. The Kier molecular flexibility index (Phi) is 3.78. The van der Waals surface area contributed by atoms with Gasteiger partial charge in [-0.25, -0.2) is 0 Å². The Bertz CT molecular complexity index is 630. The van der Waals surface area contributed by atoms with Crippen LogP contribution in [-0.4, -0.2) is 15.7 Å². The van der Waals surface area contributed by atoms with Gasteiger partial charge in [0, 0.05) is 17.1 Å². The lowest BCUT2D eigenvalue weighted by atomic mass is 10.1. The van der Waals surface area contributed by atoms with Gasteiger partial charge in [0.25, 0.3) is 11.5 Å². The molecule has 6 heteroatoms. The summed E-state index contributed by atoms with van der Waals surface area (Å²) in [4.78, 5) is 23.5. The topological polar surface area (TPSA) is 80.9 Å². The van der Waals surface area contributed by atoms with E-state index in [0.717, 1.165) is 14.7 Å². The molecule has 0 aliphatic rings. The first-order valence-electron chi connectivity index (χ1n) is 5.39. The maximum Gasteiger partial charge on any atom is 0.273 e. The molecule has 0 aliphatic carbocycles. The third-order valence-corrected chi connectivity index (χ3v) is 3.32. The molecule has 0 spiro atoms. The lowest BCUT2D eigenvalue weighted by Gasteiger charge is -2.03. The Morgan fingerprint density at radius 2 is 2.11 bits per heavy atom. The number of nitrogens with one attached hydrogen (secondary N) is 1. The lowest BCUT2D eigenvalue weighted by Crippen LogP contribution is -2.25. The largest absolute Gasteiger partial charge is 0.325 e. The summed E-state index contributed by atoms with van der Waals surface area (Å²) in [5, 5.41) is 2.68. The van der Waals surface area contributed by atoms with Gasteiger partial charge in [0.05, 0.1) is 12.1 Å². The molecule has 0 atom stereocenters. The van der Waals surface area contributed by atoms with E-state index in [-0.39, 0.29) is 24.4 Å². The van der Waals surface area contributed by atoms with Crippen molar-refractivity contribution in [1.29, 1.82) is 0 Å². The van der Waals surface area contributed by atoms with Crippen molar-refractivity contribution in [3.63, 3.8) is 0 Å². The van der Waals surface area contributed by atoms with E-state index in [1.165, 1.54) is 6.07 Å². The Morgan fingerprint density at radius 3 is 2.72 bits per heavy atom. The van der Waals surface area contributed by atoms with Gasteiger partial charge in [-0.05, 0) is 11.6 Å². The molecule has 0 radical (unpaired) electrons. The van der Waals surface area contributed by atoms with Crippen molar-refractivity contribution in [1.82, 2.24) is 9.78 Å². The van der Waals surface area contributed by atoms with Gasteiger partial charge in [-0.2, -0.15) is 4.68 Å². The standard InChI is InChI=1S/C12H12BrN3O2/c13-10-4-2-1-3-8(10)5-11(17)16-12(18)6-9(7-14)15-16/h1-4,6,15H,5,7,14H2. The molecule has 0 fully saturated rings. The van der Waals surface area contributed by atoms with Crippen molar-refractivity contribution in [3.05, 3.63) is 56.4 Å². The molecule has 5 nitrogen and oxygen atoms in total. The van der Waals surface area contributed by atoms with Gasteiger partial charge < -0.3 is 5.73 Å². The van der Waals surface area contributed by atoms with E-state index in [1.807, 2.05) is 24.3 Å². The highest BCUT2D eigenvalue weighted by Crippen LogP contribution is 2.16. The molecule has 0 unspecified atom stereocenters. The number of benzene rings is 1. The zero-order valence-electron chi connectivity index (χ0n) is 9.52. The van der Waals surface area contributed by atoms with Crippen LogP contribution in [0, 0.1) is 0 Å². The van der Waals surface area contributed by atoms with Gasteiger partial charge in [-0.3, -0.25) is 14.7 Å². The van der Waals surface area contributed by atoms with Crippen LogP contribution in [0.1, 0.15) is 16.1 Å². The van der Waals surface area contributed by atoms with Crippen LogP contribution in [0.25, 0.3) is 0 Å². The number of nitrogens with zero attached hydrogens (tertiary/aromatic N) is 1. The molecule has 1 heterocycles. The third-order valence-electron chi connectivity index (χ3n) is 2.54. The van der Waals surface area contributed by atoms with Gasteiger partial charge in [0.1, 0.15) is 0 Å². The molecule has 18 heavy (non-hydrogen) atoms. The van der Waals surface area contributed by atoms with Crippen LogP contribution in [0.15, 0.2) is 39.6 Å². The van der Waals surface area contributed by atoms with Crippen LogP contribution in [0.3, 0.4) is 0 Å². The second-order valence-corrected chi connectivity index (χ2v) is 4.68.